The Morgan fingerprint density at radius 3 is 2.67 bits per heavy atom. The maximum atomic E-state index is 13.8. The summed E-state index contributed by atoms with van der Waals surface area (Å²) in [5.41, 5.74) is 0.526. The number of aromatic nitrogens is 2. The number of para-hydroxylation sites is 2. The van der Waals surface area contributed by atoms with E-state index in [1.54, 1.807) is 42.5 Å². The summed E-state index contributed by atoms with van der Waals surface area (Å²) in [5, 5.41) is 2.72. The van der Waals surface area contributed by atoms with Gasteiger partial charge in [-0.25, -0.2) is 9.37 Å². The molecule has 7 heteroatoms. The van der Waals surface area contributed by atoms with E-state index >= 15 is 0 Å². The largest absolute Gasteiger partial charge is 0.492 e. The monoisotopic (exact) mass is 367 g/mol. The van der Waals surface area contributed by atoms with E-state index in [0.29, 0.717) is 18.0 Å². The molecule has 6 nitrogen and oxygen atoms in total. The predicted octanol–water partition coefficient (Wildman–Crippen LogP) is 3.09. The van der Waals surface area contributed by atoms with Gasteiger partial charge in [-0.1, -0.05) is 24.3 Å². The second kappa shape index (κ2) is 8.27. The van der Waals surface area contributed by atoms with E-state index in [1.165, 1.54) is 18.5 Å². The van der Waals surface area contributed by atoms with Crippen molar-refractivity contribution >= 4 is 11.6 Å². The lowest BCUT2D eigenvalue weighted by atomic mass is 10.1. The molecule has 0 spiro atoms. The van der Waals surface area contributed by atoms with Crippen LogP contribution in [0.1, 0.15) is 6.92 Å². The zero-order chi connectivity index (χ0) is 19.2. The summed E-state index contributed by atoms with van der Waals surface area (Å²) in [6.07, 6.45) is 1.23. The number of amides is 1. The molecular weight excluding hydrogens is 349 g/mol. The molecule has 0 unspecified atom stereocenters. The first-order valence-electron chi connectivity index (χ1n) is 8.41. The van der Waals surface area contributed by atoms with Crippen molar-refractivity contribution in [2.75, 3.05) is 11.9 Å². The Morgan fingerprint density at radius 2 is 1.93 bits per heavy atom. The molecule has 0 radical (unpaired) electrons. The Bertz CT molecular complexity index is 1020. The zero-order valence-corrected chi connectivity index (χ0v) is 14.7. The van der Waals surface area contributed by atoms with E-state index in [4.69, 9.17) is 4.74 Å². The van der Waals surface area contributed by atoms with Crippen molar-refractivity contribution in [2.24, 2.45) is 0 Å². The van der Waals surface area contributed by atoms with Crippen molar-refractivity contribution in [1.82, 2.24) is 9.55 Å². The average molecular weight is 367 g/mol. The Balaban J connectivity index is 1.76. The molecule has 0 saturated carbocycles. The highest BCUT2D eigenvalue weighted by Gasteiger charge is 2.11. The summed E-state index contributed by atoms with van der Waals surface area (Å²) < 4.78 is 20.4. The van der Waals surface area contributed by atoms with Crippen LogP contribution in [0.15, 0.2) is 65.7 Å². The molecular formula is C20H18FN3O3. The van der Waals surface area contributed by atoms with Gasteiger partial charge in [0, 0.05) is 11.6 Å². The summed E-state index contributed by atoms with van der Waals surface area (Å²) >= 11 is 0. The highest BCUT2D eigenvalue weighted by molar-refractivity contribution is 5.92. The van der Waals surface area contributed by atoms with E-state index in [1.807, 2.05) is 6.92 Å². The van der Waals surface area contributed by atoms with Crippen molar-refractivity contribution in [3.63, 3.8) is 0 Å². The van der Waals surface area contributed by atoms with Crippen molar-refractivity contribution in [3.8, 4) is 17.0 Å². The SMILES string of the molecule is CCOc1ccccc1NC(=O)Cn1cnc(-c2ccccc2F)cc1=O. The minimum absolute atomic E-state index is 0.218. The van der Waals surface area contributed by atoms with Crippen LogP contribution in [0.25, 0.3) is 11.3 Å². The van der Waals surface area contributed by atoms with E-state index in [0.717, 1.165) is 4.57 Å². The summed E-state index contributed by atoms with van der Waals surface area (Å²) in [4.78, 5) is 28.7. The van der Waals surface area contributed by atoms with Crippen LogP contribution in [-0.4, -0.2) is 22.1 Å². The summed E-state index contributed by atoms with van der Waals surface area (Å²) in [6.45, 7) is 2.10. The number of rotatable bonds is 6. The van der Waals surface area contributed by atoms with Crippen LogP contribution < -0.4 is 15.6 Å². The molecule has 3 aromatic rings. The van der Waals surface area contributed by atoms with Crippen molar-refractivity contribution < 1.29 is 13.9 Å². The topological polar surface area (TPSA) is 73.2 Å². The van der Waals surface area contributed by atoms with E-state index < -0.39 is 17.3 Å². The van der Waals surface area contributed by atoms with Gasteiger partial charge in [-0.15, -0.1) is 0 Å². The third-order valence-corrected chi connectivity index (χ3v) is 3.80. The number of hydrogen-bond acceptors (Lipinski definition) is 4. The first-order chi connectivity index (χ1) is 13.1. The molecule has 1 heterocycles. The second-order valence-electron chi connectivity index (χ2n) is 5.70. The van der Waals surface area contributed by atoms with Gasteiger partial charge in [0.15, 0.2) is 0 Å². The second-order valence-corrected chi connectivity index (χ2v) is 5.70. The molecule has 2 aromatic carbocycles. The van der Waals surface area contributed by atoms with E-state index in [-0.39, 0.29) is 17.8 Å². The Kier molecular flexibility index (Phi) is 5.61. The van der Waals surface area contributed by atoms with Crippen molar-refractivity contribution in [1.29, 1.82) is 0 Å². The lowest BCUT2D eigenvalue weighted by Crippen LogP contribution is -2.27. The Hall–Kier alpha value is -3.48. The molecule has 1 N–H and O–H groups in total. The fourth-order valence-corrected chi connectivity index (χ4v) is 2.56. The fourth-order valence-electron chi connectivity index (χ4n) is 2.56. The van der Waals surface area contributed by atoms with Crippen LogP contribution in [0.4, 0.5) is 10.1 Å². The normalized spacial score (nSPS) is 10.4. The molecule has 0 bridgehead atoms. The van der Waals surface area contributed by atoms with E-state index in [9.17, 15) is 14.0 Å². The molecule has 0 aliphatic rings. The van der Waals surface area contributed by atoms with Gasteiger partial charge in [-0.2, -0.15) is 0 Å². The minimum atomic E-state index is -0.465. The van der Waals surface area contributed by atoms with Crippen LogP contribution in [-0.2, 0) is 11.3 Å². The van der Waals surface area contributed by atoms with E-state index in [2.05, 4.69) is 10.3 Å². The number of benzene rings is 2. The summed E-state index contributed by atoms with van der Waals surface area (Å²) in [6, 6.07) is 14.3. The molecule has 138 valence electrons. The van der Waals surface area contributed by atoms with Gasteiger partial charge >= 0.3 is 0 Å². The van der Waals surface area contributed by atoms with Gasteiger partial charge in [0.1, 0.15) is 18.1 Å². The molecule has 0 atom stereocenters. The van der Waals surface area contributed by atoms with Gasteiger partial charge in [0.25, 0.3) is 5.56 Å². The van der Waals surface area contributed by atoms with Gasteiger partial charge < -0.3 is 10.1 Å². The van der Waals surface area contributed by atoms with Gasteiger partial charge in [0.2, 0.25) is 5.91 Å². The Morgan fingerprint density at radius 1 is 1.19 bits per heavy atom. The molecule has 3 rings (SSSR count). The molecule has 1 aromatic heterocycles. The third kappa shape index (κ3) is 4.38. The lowest BCUT2D eigenvalue weighted by molar-refractivity contribution is -0.116. The van der Waals surface area contributed by atoms with Crippen LogP contribution in [0.2, 0.25) is 0 Å². The van der Waals surface area contributed by atoms with Crippen molar-refractivity contribution in [2.45, 2.75) is 13.5 Å². The fraction of sp³-hybridized carbons (Fsp3) is 0.150. The molecule has 27 heavy (non-hydrogen) atoms. The number of nitrogens with zero attached hydrogens (tertiary/aromatic N) is 2. The highest BCUT2D eigenvalue weighted by atomic mass is 19.1. The number of carbonyl (C=O) groups is 1. The molecule has 0 aliphatic heterocycles. The van der Waals surface area contributed by atoms with Crippen LogP contribution in [0, 0.1) is 5.82 Å². The summed E-state index contributed by atoms with van der Waals surface area (Å²) in [7, 11) is 0. The number of halogens is 1. The lowest BCUT2D eigenvalue weighted by Gasteiger charge is -2.12. The zero-order valence-electron chi connectivity index (χ0n) is 14.7. The summed E-state index contributed by atoms with van der Waals surface area (Å²) in [5.74, 6) is -0.314. The first kappa shape index (κ1) is 18.3. The van der Waals surface area contributed by atoms with Crippen molar-refractivity contribution in [3.05, 3.63) is 77.1 Å². The predicted molar refractivity (Wildman–Crippen MR) is 100 cm³/mol. The van der Waals surface area contributed by atoms with Crippen LogP contribution in [0.3, 0.4) is 0 Å². The standard InChI is InChI=1S/C20H18FN3O3/c1-2-27-18-10-6-5-9-16(18)23-19(25)12-24-13-22-17(11-20(24)26)14-7-3-4-8-15(14)21/h3-11,13H,2,12H2,1H3,(H,23,25). The number of ether oxygens (including phenoxy) is 1. The molecule has 0 saturated heterocycles. The van der Waals surface area contributed by atoms with Crippen LogP contribution in [0.5, 0.6) is 5.75 Å². The first-order valence-corrected chi connectivity index (χ1v) is 8.41. The number of hydrogen-bond donors (Lipinski definition) is 1. The minimum Gasteiger partial charge on any atom is -0.492 e. The van der Waals surface area contributed by atoms with Gasteiger partial charge in [-0.3, -0.25) is 14.2 Å². The molecule has 0 fully saturated rings. The highest BCUT2D eigenvalue weighted by Crippen LogP contribution is 2.23. The maximum Gasteiger partial charge on any atom is 0.254 e. The smallest absolute Gasteiger partial charge is 0.254 e. The average Bonchev–Trinajstić information content (AvgIpc) is 2.66. The Labute approximate surface area is 155 Å². The maximum absolute atomic E-state index is 13.8. The number of carbonyl (C=O) groups excluding carboxylic acids is 1. The van der Waals surface area contributed by atoms with Gasteiger partial charge in [-0.05, 0) is 31.2 Å². The quantitative estimate of drug-likeness (QED) is 0.727. The number of nitrogens with one attached hydrogen (secondary N) is 1. The molecule has 1 amide bonds. The molecule has 0 aliphatic carbocycles. The van der Waals surface area contributed by atoms with Gasteiger partial charge in [0.05, 0.1) is 24.3 Å². The number of anilines is 1. The van der Waals surface area contributed by atoms with Crippen LogP contribution >= 0.6 is 0 Å². The third-order valence-electron chi connectivity index (χ3n) is 3.80.